The molecule has 0 saturated heterocycles. The molecule has 1 radical (unpaired) electrons. The molecule has 0 aliphatic heterocycles. The molecule has 0 aliphatic carbocycles. The van der Waals surface area contributed by atoms with Gasteiger partial charge in [0.05, 0.1) is 0 Å². The van der Waals surface area contributed by atoms with Crippen LogP contribution in [0.2, 0.25) is 0 Å². The van der Waals surface area contributed by atoms with E-state index < -0.39 is 0 Å². The van der Waals surface area contributed by atoms with Gasteiger partial charge in [0, 0.05) is 13.1 Å². The van der Waals surface area contributed by atoms with Crippen LogP contribution in [0.5, 0.6) is 0 Å². The molecule has 0 aromatic heterocycles. The molecule has 0 saturated carbocycles. The Morgan fingerprint density at radius 1 is 1.43 bits per heavy atom. The van der Waals surface area contributed by atoms with Crippen LogP contribution in [-0.2, 0) is 0 Å². The second-order valence-electron chi connectivity index (χ2n) is 2.12. The zero-order chi connectivity index (χ0) is 5.70. The summed E-state index contributed by atoms with van der Waals surface area (Å²) in [7, 11) is 0. The van der Waals surface area contributed by atoms with Gasteiger partial charge in [-0.05, 0) is 5.92 Å². The molecule has 0 amide bonds. The Labute approximate surface area is 46.1 Å². The first-order chi connectivity index (χ1) is 3.27. The Morgan fingerprint density at radius 3 is 2.14 bits per heavy atom. The lowest BCUT2D eigenvalue weighted by Gasteiger charge is -1.99. The quantitative estimate of drug-likeness (QED) is 0.507. The van der Waals surface area contributed by atoms with E-state index in [1.807, 2.05) is 0 Å². The van der Waals surface area contributed by atoms with E-state index in [0.717, 1.165) is 19.0 Å². The number of nitrogens with zero attached hydrogens (tertiary/aromatic N) is 1. The highest BCUT2D eigenvalue weighted by atomic mass is 14.8. The van der Waals surface area contributed by atoms with Gasteiger partial charge in [0.15, 0.2) is 0 Å². The van der Waals surface area contributed by atoms with Crippen molar-refractivity contribution >= 4 is 0 Å². The highest BCUT2D eigenvalue weighted by molar-refractivity contribution is 4.45. The molecule has 0 heterocycles. The van der Waals surface area contributed by atoms with Crippen LogP contribution >= 0.6 is 0 Å². The first-order valence-electron chi connectivity index (χ1n) is 2.90. The number of hydrogen-bond acceptors (Lipinski definition) is 0. The fourth-order valence-electron chi connectivity index (χ4n) is 0.387. The van der Waals surface area contributed by atoms with E-state index >= 15 is 0 Å². The van der Waals surface area contributed by atoms with Crippen molar-refractivity contribution in [2.45, 2.75) is 20.8 Å². The van der Waals surface area contributed by atoms with Crippen molar-refractivity contribution in [3.05, 3.63) is 0 Å². The minimum Gasteiger partial charge on any atom is -0.242 e. The van der Waals surface area contributed by atoms with Crippen LogP contribution in [0.4, 0.5) is 0 Å². The molecule has 1 nitrogen and oxygen atoms in total. The molecule has 0 fully saturated rings. The second kappa shape index (κ2) is 4.13. The molecule has 0 aromatic rings. The third-order valence-corrected chi connectivity index (χ3v) is 0.718. The largest absolute Gasteiger partial charge is 0.242 e. The molecule has 0 rings (SSSR count). The van der Waals surface area contributed by atoms with Gasteiger partial charge in [-0.2, -0.15) is 0 Å². The summed E-state index contributed by atoms with van der Waals surface area (Å²) in [6, 6.07) is 0. The van der Waals surface area contributed by atoms with Crippen molar-refractivity contribution in [3.8, 4) is 0 Å². The first-order valence-corrected chi connectivity index (χ1v) is 2.90. The Kier molecular flexibility index (Phi) is 4.10. The summed E-state index contributed by atoms with van der Waals surface area (Å²) in [4.78, 5) is 0. The SMILES string of the molecule is CC[N]CC(C)C. The van der Waals surface area contributed by atoms with E-state index in [1.165, 1.54) is 0 Å². The summed E-state index contributed by atoms with van der Waals surface area (Å²) < 4.78 is 0. The fraction of sp³-hybridized carbons (Fsp3) is 1.00. The normalized spacial score (nSPS) is 10.3. The molecule has 0 unspecified atom stereocenters. The van der Waals surface area contributed by atoms with Crippen LogP contribution in [0.3, 0.4) is 0 Å². The minimum absolute atomic E-state index is 0.736. The maximum Gasteiger partial charge on any atom is 0.0156 e. The lowest BCUT2D eigenvalue weighted by atomic mass is 10.2. The Hall–Kier alpha value is -0.0400. The smallest absolute Gasteiger partial charge is 0.0156 e. The van der Waals surface area contributed by atoms with Gasteiger partial charge < -0.3 is 0 Å². The highest BCUT2D eigenvalue weighted by Gasteiger charge is 1.88. The fourth-order valence-corrected chi connectivity index (χ4v) is 0.387. The van der Waals surface area contributed by atoms with E-state index in [-0.39, 0.29) is 0 Å². The second-order valence-corrected chi connectivity index (χ2v) is 2.12. The van der Waals surface area contributed by atoms with Crippen molar-refractivity contribution in [2.75, 3.05) is 13.1 Å². The average molecular weight is 100 g/mol. The van der Waals surface area contributed by atoms with Crippen molar-refractivity contribution < 1.29 is 0 Å². The molecule has 0 spiro atoms. The Bertz CT molecular complexity index is 33.2. The molecular formula is C6H14N. The molecule has 1 heteroatoms. The Morgan fingerprint density at radius 2 is 2.00 bits per heavy atom. The summed E-state index contributed by atoms with van der Waals surface area (Å²) >= 11 is 0. The molecule has 43 valence electrons. The maximum absolute atomic E-state index is 4.17. The average Bonchev–Trinajstić information content (AvgIpc) is 1.61. The zero-order valence-electron chi connectivity index (χ0n) is 5.44. The van der Waals surface area contributed by atoms with Crippen LogP contribution in [0, 0.1) is 5.92 Å². The summed E-state index contributed by atoms with van der Waals surface area (Å²) in [5.41, 5.74) is 0. The van der Waals surface area contributed by atoms with E-state index in [0.29, 0.717) is 0 Å². The summed E-state index contributed by atoms with van der Waals surface area (Å²) in [6.45, 7) is 8.43. The summed E-state index contributed by atoms with van der Waals surface area (Å²) in [5.74, 6) is 0.736. The number of rotatable bonds is 3. The van der Waals surface area contributed by atoms with E-state index in [1.54, 1.807) is 0 Å². The molecule has 0 bridgehead atoms. The van der Waals surface area contributed by atoms with E-state index in [9.17, 15) is 0 Å². The monoisotopic (exact) mass is 100 g/mol. The van der Waals surface area contributed by atoms with Gasteiger partial charge in [0.1, 0.15) is 0 Å². The Balaban J connectivity index is 2.68. The van der Waals surface area contributed by atoms with Crippen molar-refractivity contribution in [1.29, 1.82) is 0 Å². The third kappa shape index (κ3) is 5.96. The zero-order valence-corrected chi connectivity index (χ0v) is 5.44. The molecule has 7 heavy (non-hydrogen) atoms. The highest BCUT2D eigenvalue weighted by Crippen LogP contribution is 1.86. The lowest BCUT2D eigenvalue weighted by Crippen LogP contribution is -2.10. The van der Waals surface area contributed by atoms with Crippen molar-refractivity contribution in [2.24, 2.45) is 5.92 Å². The molecule has 0 N–H and O–H groups in total. The van der Waals surface area contributed by atoms with Gasteiger partial charge in [-0.1, -0.05) is 20.8 Å². The first kappa shape index (κ1) is 6.96. The maximum atomic E-state index is 4.17. The van der Waals surface area contributed by atoms with Crippen LogP contribution in [-0.4, -0.2) is 13.1 Å². The molecule has 0 aromatic carbocycles. The van der Waals surface area contributed by atoms with Gasteiger partial charge in [0.25, 0.3) is 0 Å². The standard InChI is InChI=1S/C6H14N/c1-4-7-5-6(2)3/h6H,4-5H2,1-3H3. The summed E-state index contributed by atoms with van der Waals surface area (Å²) in [5, 5.41) is 4.17. The van der Waals surface area contributed by atoms with Crippen LogP contribution < -0.4 is 5.32 Å². The lowest BCUT2D eigenvalue weighted by molar-refractivity contribution is 0.558. The third-order valence-electron chi connectivity index (χ3n) is 0.718. The van der Waals surface area contributed by atoms with Gasteiger partial charge in [0.2, 0.25) is 0 Å². The molecular weight excluding hydrogens is 86.1 g/mol. The number of hydrogen-bond donors (Lipinski definition) is 0. The van der Waals surface area contributed by atoms with E-state index in [2.05, 4.69) is 26.1 Å². The van der Waals surface area contributed by atoms with Crippen molar-refractivity contribution in [1.82, 2.24) is 5.32 Å². The van der Waals surface area contributed by atoms with Gasteiger partial charge in [-0.25, -0.2) is 5.32 Å². The molecule has 0 aliphatic rings. The summed E-state index contributed by atoms with van der Waals surface area (Å²) in [6.07, 6.45) is 0. The van der Waals surface area contributed by atoms with E-state index in [4.69, 9.17) is 0 Å². The van der Waals surface area contributed by atoms with Gasteiger partial charge in [-0.15, -0.1) is 0 Å². The minimum atomic E-state index is 0.736. The van der Waals surface area contributed by atoms with Crippen LogP contribution in [0.25, 0.3) is 0 Å². The van der Waals surface area contributed by atoms with Gasteiger partial charge >= 0.3 is 0 Å². The van der Waals surface area contributed by atoms with Crippen molar-refractivity contribution in [3.63, 3.8) is 0 Å². The van der Waals surface area contributed by atoms with Crippen LogP contribution in [0.15, 0.2) is 0 Å². The molecule has 0 atom stereocenters. The van der Waals surface area contributed by atoms with Crippen LogP contribution in [0.1, 0.15) is 20.8 Å². The predicted molar refractivity (Wildman–Crippen MR) is 32.4 cm³/mol. The predicted octanol–water partition coefficient (Wildman–Crippen LogP) is 1.27. The topological polar surface area (TPSA) is 14.1 Å². The van der Waals surface area contributed by atoms with Gasteiger partial charge in [-0.3, -0.25) is 0 Å².